The van der Waals surface area contributed by atoms with Crippen LogP contribution in [0.3, 0.4) is 0 Å². The first-order valence-electron chi connectivity index (χ1n) is 10.5. The molecule has 5 heteroatoms. The lowest BCUT2D eigenvalue weighted by Crippen LogP contribution is -2.38. The van der Waals surface area contributed by atoms with Crippen LogP contribution >= 0.6 is 11.6 Å². The molecule has 1 aliphatic rings. The lowest BCUT2D eigenvalue weighted by molar-refractivity contribution is 0.0755. The van der Waals surface area contributed by atoms with Crippen molar-refractivity contribution in [2.24, 2.45) is 0 Å². The lowest BCUT2D eigenvalue weighted by Gasteiger charge is -2.29. The standard InChI is InChI=1S/C26H25ClN2O2/c27-23-7-4-21(5-8-23)22-6-10-24(28-19-22)9-1-20-2-11-26(12-3-20)31-18-17-29-15-13-25(30)14-16-29/h2-8,10-12,19,25,30H,13-18H2. The SMILES string of the molecule is OC1CCN(CCOc2ccc(C#Cc3ccc(-c4ccc(Cl)cc4)cn3)cc2)CC1. The summed E-state index contributed by atoms with van der Waals surface area (Å²) in [4.78, 5) is 6.78. The zero-order valence-corrected chi connectivity index (χ0v) is 18.1. The minimum Gasteiger partial charge on any atom is -0.492 e. The molecule has 0 spiro atoms. The molecule has 3 aromatic rings. The van der Waals surface area contributed by atoms with E-state index in [0.717, 1.165) is 65.6 Å². The van der Waals surface area contributed by atoms with E-state index >= 15 is 0 Å². The van der Waals surface area contributed by atoms with Crippen molar-refractivity contribution >= 4 is 11.6 Å². The molecule has 1 fully saturated rings. The minimum atomic E-state index is -0.137. The van der Waals surface area contributed by atoms with E-state index in [2.05, 4.69) is 21.7 Å². The molecule has 2 aromatic carbocycles. The highest BCUT2D eigenvalue weighted by Gasteiger charge is 2.16. The Morgan fingerprint density at radius 1 is 0.935 bits per heavy atom. The fourth-order valence-electron chi connectivity index (χ4n) is 3.49. The van der Waals surface area contributed by atoms with Gasteiger partial charge in [-0.3, -0.25) is 4.90 Å². The van der Waals surface area contributed by atoms with E-state index in [4.69, 9.17) is 16.3 Å². The summed E-state index contributed by atoms with van der Waals surface area (Å²) in [6.07, 6.45) is 3.40. The Labute approximate surface area is 188 Å². The summed E-state index contributed by atoms with van der Waals surface area (Å²) in [5.41, 5.74) is 3.75. The van der Waals surface area contributed by atoms with E-state index in [9.17, 15) is 5.11 Å². The summed E-state index contributed by atoms with van der Waals surface area (Å²) in [6.45, 7) is 3.40. The van der Waals surface area contributed by atoms with Crippen molar-refractivity contribution in [2.75, 3.05) is 26.2 Å². The zero-order valence-electron chi connectivity index (χ0n) is 17.3. The average molecular weight is 433 g/mol. The van der Waals surface area contributed by atoms with Gasteiger partial charge in [0.25, 0.3) is 0 Å². The first-order chi connectivity index (χ1) is 15.2. The number of nitrogens with zero attached hydrogens (tertiary/aromatic N) is 2. The number of aliphatic hydroxyl groups is 1. The zero-order chi connectivity index (χ0) is 21.5. The number of aliphatic hydroxyl groups excluding tert-OH is 1. The van der Waals surface area contributed by atoms with Crippen molar-refractivity contribution in [1.29, 1.82) is 0 Å². The van der Waals surface area contributed by atoms with Crippen LogP contribution in [0.15, 0.2) is 66.9 Å². The minimum absolute atomic E-state index is 0.137. The Hall–Kier alpha value is -2.84. The van der Waals surface area contributed by atoms with Crippen LogP contribution in [0.5, 0.6) is 5.75 Å². The van der Waals surface area contributed by atoms with Gasteiger partial charge in [0, 0.05) is 42.0 Å². The van der Waals surface area contributed by atoms with Crippen molar-refractivity contribution in [3.63, 3.8) is 0 Å². The summed E-state index contributed by atoms with van der Waals surface area (Å²) in [5.74, 6) is 7.10. The highest BCUT2D eigenvalue weighted by Crippen LogP contribution is 2.20. The smallest absolute Gasteiger partial charge is 0.119 e. The number of likely N-dealkylation sites (tertiary alicyclic amines) is 1. The summed E-state index contributed by atoms with van der Waals surface area (Å²) in [5, 5.41) is 10.3. The van der Waals surface area contributed by atoms with Crippen LogP contribution in [0.1, 0.15) is 24.1 Å². The van der Waals surface area contributed by atoms with Crippen LogP contribution in [0, 0.1) is 11.8 Å². The van der Waals surface area contributed by atoms with Crippen molar-refractivity contribution < 1.29 is 9.84 Å². The van der Waals surface area contributed by atoms with E-state index < -0.39 is 0 Å². The maximum Gasteiger partial charge on any atom is 0.119 e. The Morgan fingerprint density at radius 3 is 2.32 bits per heavy atom. The number of ether oxygens (including phenoxy) is 1. The van der Waals surface area contributed by atoms with Crippen LogP contribution in [0.2, 0.25) is 5.02 Å². The number of halogens is 1. The van der Waals surface area contributed by atoms with Gasteiger partial charge in [-0.25, -0.2) is 4.98 Å². The predicted molar refractivity (Wildman–Crippen MR) is 124 cm³/mol. The molecule has 1 aliphatic heterocycles. The highest BCUT2D eigenvalue weighted by atomic mass is 35.5. The van der Waals surface area contributed by atoms with Crippen molar-refractivity contribution in [1.82, 2.24) is 9.88 Å². The summed E-state index contributed by atoms with van der Waals surface area (Å²) < 4.78 is 5.84. The number of hydrogen-bond acceptors (Lipinski definition) is 4. The van der Waals surface area contributed by atoms with E-state index in [-0.39, 0.29) is 6.10 Å². The van der Waals surface area contributed by atoms with Gasteiger partial charge < -0.3 is 9.84 Å². The number of hydrogen-bond donors (Lipinski definition) is 1. The number of benzene rings is 2. The van der Waals surface area contributed by atoms with Crippen LogP contribution in [-0.2, 0) is 0 Å². The monoisotopic (exact) mass is 432 g/mol. The average Bonchev–Trinajstić information content (AvgIpc) is 2.81. The molecule has 0 aliphatic carbocycles. The molecular weight excluding hydrogens is 408 g/mol. The Balaban J connectivity index is 1.28. The van der Waals surface area contributed by atoms with Crippen LogP contribution < -0.4 is 4.74 Å². The number of pyridine rings is 1. The third kappa shape index (κ3) is 6.32. The molecule has 0 radical (unpaired) electrons. The van der Waals surface area contributed by atoms with Crippen molar-refractivity contribution in [3.05, 3.63) is 83.1 Å². The number of rotatable bonds is 5. The fraction of sp³-hybridized carbons (Fsp3) is 0.269. The topological polar surface area (TPSA) is 45.6 Å². The molecule has 158 valence electrons. The molecule has 0 bridgehead atoms. The quantitative estimate of drug-likeness (QED) is 0.597. The summed E-state index contributed by atoms with van der Waals surface area (Å²) in [7, 11) is 0. The second-order valence-electron chi connectivity index (χ2n) is 7.63. The van der Waals surface area contributed by atoms with Gasteiger partial charge in [0.1, 0.15) is 18.1 Å². The number of piperidine rings is 1. The van der Waals surface area contributed by atoms with Gasteiger partial charge in [0.15, 0.2) is 0 Å². The third-order valence-electron chi connectivity index (χ3n) is 5.36. The first-order valence-corrected chi connectivity index (χ1v) is 10.9. The van der Waals surface area contributed by atoms with Gasteiger partial charge in [0.05, 0.1) is 6.10 Å². The maximum atomic E-state index is 9.56. The lowest BCUT2D eigenvalue weighted by atomic mass is 10.1. The molecule has 1 saturated heterocycles. The molecule has 1 aromatic heterocycles. The Bertz CT molecular complexity index is 1030. The van der Waals surface area contributed by atoms with E-state index in [1.54, 1.807) is 0 Å². The van der Waals surface area contributed by atoms with Gasteiger partial charge in [-0.15, -0.1) is 0 Å². The fourth-order valence-corrected chi connectivity index (χ4v) is 3.61. The predicted octanol–water partition coefficient (Wildman–Crippen LogP) is 4.64. The van der Waals surface area contributed by atoms with Gasteiger partial charge >= 0.3 is 0 Å². The van der Waals surface area contributed by atoms with Crippen molar-refractivity contribution in [2.45, 2.75) is 18.9 Å². The normalized spacial score (nSPS) is 14.6. The summed E-state index contributed by atoms with van der Waals surface area (Å²) in [6, 6.07) is 19.4. The Morgan fingerprint density at radius 2 is 1.65 bits per heavy atom. The third-order valence-corrected chi connectivity index (χ3v) is 5.62. The molecular formula is C26H25ClN2O2. The molecule has 4 nitrogen and oxygen atoms in total. The van der Waals surface area contributed by atoms with Gasteiger partial charge in [-0.1, -0.05) is 35.7 Å². The van der Waals surface area contributed by atoms with Crippen LogP contribution in [0.25, 0.3) is 11.1 Å². The molecule has 31 heavy (non-hydrogen) atoms. The van der Waals surface area contributed by atoms with Crippen LogP contribution in [0.4, 0.5) is 0 Å². The molecule has 4 rings (SSSR count). The molecule has 0 unspecified atom stereocenters. The van der Waals surface area contributed by atoms with Gasteiger partial charge in [-0.05, 0) is 66.8 Å². The Kier molecular flexibility index (Phi) is 7.22. The second kappa shape index (κ2) is 10.5. The highest BCUT2D eigenvalue weighted by molar-refractivity contribution is 6.30. The maximum absolute atomic E-state index is 9.56. The van der Waals surface area contributed by atoms with E-state index in [1.165, 1.54) is 0 Å². The number of aromatic nitrogens is 1. The van der Waals surface area contributed by atoms with E-state index in [1.807, 2.05) is 66.9 Å². The summed E-state index contributed by atoms with van der Waals surface area (Å²) >= 11 is 5.94. The molecule has 0 amide bonds. The second-order valence-corrected chi connectivity index (χ2v) is 8.07. The van der Waals surface area contributed by atoms with Gasteiger partial charge in [-0.2, -0.15) is 0 Å². The first kappa shape index (κ1) is 21.4. The molecule has 1 N–H and O–H groups in total. The molecule has 0 atom stereocenters. The van der Waals surface area contributed by atoms with Crippen LogP contribution in [-0.4, -0.2) is 47.3 Å². The van der Waals surface area contributed by atoms with E-state index in [0.29, 0.717) is 6.61 Å². The largest absolute Gasteiger partial charge is 0.492 e. The van der Waals surface area contributed by atoms with Gasteiger partial charge in [0.2, 0.25) is 0 Å². The molecule has 2 heterocycles. The van der Waals surface area contributed by atoms with Crippen molar-refractivity contribution in [3.8, 4) is 28.7 Å². The molecule has 0 saturated carbocycles.